The minimum absolute atomic E-state index is 0.00179. The lowest BCUT2D eigenvalue weighted by Gasteiger charge is -2.19. The van der Waals surface area contributed by atoms with Crippen LogP contribution in [0, 0.1) is 6.92 Å². The first-order chi connectivity index (χ1) is 12.9. The van der Waals surface area contributed by atoms with E-state index in [0.29, 0.717) is 22.3 Å². The number of carbonyl (C=O) groups is 1. The van der Waals surface area contributed by atoms with Crippen molar-refractivity contribution in [1.82, 2.24) is 15.0 Å². The molecule has 5 nitrogen and oxygen atoms in total. The van der Waals surface area contributed by atoms with Gasteiger partial charge in [-0.05, 0) is 38.1 Å². The van der Waals surface area contributed by atoms with Gasteiger partial charge < -0.3 is 9.42 Å². The molecule has 0 bridgehead atoms. The third-order valence-corrected chi connectivity index (χ3v) is 5.44. The van der Waals surface area contributed by atoms with E-state index in [1.165, 1.54) is 17.3 Å². The van der Waals surface area contributed by atoms with Gasteiger partial charge in [0, 0.05) is 17.5 Å². The normalized spacial score (nSPS) is 12.0. The Morgan fingerprint density at radius 3 is 2.63 bits per heavy atom. The first-order valence-electron chi connectivity index (χ1n) is 8.50. The highest BCUT2D eigenvalue weighted by atomic mass is 35.5. The van der Waals surface area contributed by atoms with Crippen molar-refractivity contribution in [3.63, 3.8) is 0 Å². The van der Waals surface area contributed by atoms with Gasteiger partial charge in [0.1, 0.15) is 0 Å². The van der Waals surface area contributed by atoms with Crippen LogP contribution in [0.25, 0.3) is 11.4 Å². The van der Waals surface area contributed by atoms with Crippen LogP contribution in [0.3, 0.4) is 0 Å². The van der Waals surface area contributed by atoms with E-state index in [4.69, 9.17) is 16.1 Å². The number of rotatable bonds is 6. The molecule has 2 aromatic carbocycles. The molecule has 0 N–H and O–H groups in total. The van der Waals surface area contributed by atoms with Crippen LogP contribution in [0.4, 0.5) is 0 Å². The standard InChI is InChI=1S/C20H20ClN3O2S/c1-13-8-10-15(11-9-13)27-14(2)20(25)24(3)12-18-22-19(23-26-18)16-6-4-5-7-17(16)21/h4-11,14H,12H2,1-3H3/t14-/m0/s1. The third kappa shape index (κ3) is 4.90. The molecule has 0 aliphatic carbocycles. The van der Waals surface area contributed by atoms with Crippen molar-refractivity contribution >= 4 is 29.3 Å². The second-order valence-corrected chi connectivity index (χ2v) is 8.08. The van der Waals surface area contributed by atoms with Crippen LogP contribution in [0.5, 0.6) is 0 Å². The number of aromatic nitrogens is 2. The Morgan fingerprint density at radius 2 is 1.93 bits per heavy atom. The molecule has 7 heteroatoms. The summed E-state index contributed by atoms with van der Waals surface area (Å²) in [5.41, 5.74) is 1.90. The SMILES string of the molecule is Cc1ccc(S[C@@H](C)C(=O)N(C)Cc2nc(-c3ccccc3Cl)no2)cc1. The average molecular weight is 402 g/mol. The molecule has 1 atom stereocenters. The zero-order valence-corrected chi connectivity index (χ0v) is 16.9. The Morgan fingerprint density at radius 1 is 1.22 bits per heavy atom. The second kappa shape index (κ2) is 8.59. The summed E-state index contributed by atoms with van der Waals surface area (Å²) in [5.74, 6) is 0.782. The van der Waals surface area contributed by atoms with Crippen LogP contribution in [0.2, 0.25) is 5.02 Å². The molecule has 0 spiro atoms. The number of nitrogens with zero attached hydrogens (tertiary/aromatic N) is 3. The monoisotopic (exact) mass is 401 g/mol. The third-order valence-electron chi connectivity index (χ3n) is 4.01. The van der Waals surface area contributed by atoms with Crippen molar-refractivity contribution in [2.24, 2.45) is 0 Å². The highest BCUT2D eigenvalue weighted by molar-refractivity contribution is 8.00. The van der Waals surface area contributed by atoms with Crippen molar-refractivity contribution in [3.8, 4) is 11.4 Å². The number of amides is 1. The van der Waals surface area contributed by atoms with Crippen molar-refractivity contribution in [3.05, 3.63) is 65.0 Å². The average Bonchev–Trinajstić information content (AvgIpc) is 3.11. The summed E-state index contributed by atoms with van der Waals surface area (Å²) in [4.78, 5) is 19.7. The fourth-order valence-electron chi connectivity index (χ4n) is 2.53. The molecule has 3 rings (SSSR count). The minimum atomic E-state index is -0.219. The van der Waals surface area contributed by atoms with Crippen LogP contribution in [-0.2, 0) is 11.3 Å². The van der Waals surface area contributed by atoms with Gasteiger partial charge in [-0.25, -0.2) is 0 Å². The number of carbonyl (C=O) groups excluding carboxylic acids is 1. The van der Waals surface area contributed by atoms with Gasteiger partial charge in [-0.2, -0.15) is 4.98 Å². The second-order valence-electron chi connectivity index (χ2n) is 6.26. The van der Waals surface area contributed by atoms with E-state index in [9.17, 15) is 4.79 Å². The van der Waals surface area contributed by atoms with Gasteiger partial charge in [-0.3, -0.25) is 4.79 Å². The summed E-state index contributed by atoms with van der Waals surface area (Å²) in [6.45, 7) is 4.18. The van der Waals surface area contributed by atoms with E-state index in [-0.39, 0.29) is 17.7 Å². The van der Waals surface area contributed by atoms with Gasteiger partial charge in [-0.1, -0.05) is 46.6 Å². The van der Waals surface area contributed by atoms with Crippen LogP contribution in [0.15, 0.2) is 57.9 Å². The first kappa shape index (κ1) is 19.5. The molecule has 0 aliphatic rings. The van der Waals surface area contributed by atoms with E-state index in [1.807, 2.05) is 56.3 Å². The Balaban J connectivity index is 1.63. The number of benzene rings is 2. The smallest absolute Gasteiger partial charge is 0.246 e. The Labute approximate surface area is 167 Å². The molecule has 140 valence electrons. The summed E-state index contributed by atoms with van der Waals surface area (Å²) in [5, 5.41) is 4.30. The summed E-state index contributed by atoms with van der Waals surface area (Å²) in [6, 6.07) is 15.4. The van der Waals surface area contributed by atoms with Crippen molar-refractivity contribution in [2.45, 2.75) is 30.5 Å². The lowest BCUT2D eigenvalue weighted by Crippen LogP contribution is -2.32. The van der Waals surface area contributed by atoms with Crippen LogP contribution in [-0.4, -0.2) is 33.2 Å². The van der Waals surface area contributed by atoms with Gasteiger partial charge in [0.2, 0.25) is 17.6 Å². The van der Waals surface area contributed by atoms with Crippen LogP contribution >= 0.6 is 23.4 Å². The Hall–Kier alpha value is -2.31. The lowest BCUT2D eigenvalue weighted by atomic mass is 10.2. The zero-order chi connectivity index (χ0) is 19.4. The molecule has 1 aromatic heterocycles. The fourth-order valence-corrected chi connectivity index (χ4v) is 3.74. The number of halogens is 1. The van der Waals surface area contributed by atoms with Gasteiger partial charge in [0.05, 0.1) is 16.8 Å². The zero-order valence-electron chi connectivity index (χ0n) is 15.3. The molecule has 1 heterocycles. The highest BCUT2D eigenvalue weighted by Crippen LogP contribution is 2.26. The quantitative estimate of drug-likeness (QED) is 0.553. The predicted molar refractivity (Wildman–Crippen MR) is 108 cm³/mol. The molecule has 0 unspecified atom stereocenters. The van der Waals surface area contributed by atoms with Gasteiger partial charge in [0.15, 0.2) is 0 Å². The molecular formula is C20H20ClN3O2S. The number of thioether (sulfide) groups is 1. The molecule has 3 aromatic rings. The Kier molecular flexibility index (Phi) is 6.19. The van der Waals surface area contributed by atoms with Crippen LogP contribution in [0.1, 0.15) is 18.4 Å². The summed E-state index contributed by atoms with van der Waals surface area (Å²) in [7, 11) is 1.73. The van der Waals surface area contributed by atoms with E-state index in [1.54, 1.807) is 18.0 Å². The highest BCUT2D eigenvalue weighted by Gasteiger charge is 2.21. The van der Waals surface area contributed by atoms with Gasteiger partial charge >= 0.3 is 0 Å². The molecule has 0 radical (unpaired) electrons. The van der Waals surface area contributed by atoms with Crippen LogP contribution < -0.4 is 0 Å². The fraction of sp³-hybridized carbons (Fsp3) is 0.250. The molecule has 0 saturated carbocycles. The number of hydrogen-bond donors (Lipinski definition) is 0. The molecule has 1 amide bonds. The lowest BCUT2D eigenvalue weighted by molar-refractivity contribution is -0.129. The van der Waals surface area contributed by atoms with Crippen molar-refractivity contribution < 1.29 is 9.32 Å². The largest absolute Gasteiger partial charge is 0.337 e. The number of hydrogen-bond acceptors (Lipinski definition) is 5. The summed E-state index contributed by atoms with van der Waals surface area (Å²) < 4.78 is 5.29. The maximum atomic E-state index is 12.6. The van der Waals surface area contributed by atoms with Gasteiger partial charge in [-0.15, -0.1) is 11.8 Å². The molecule has 0 aliphatic heterocycles. The predicted octanol–water partition coefficient (Wildman–Crippen LogP) is 4.84. The van der Waals surface area contributed by atoms with Crippen molar-refractivity contribution in [2.75, 3.05) is 7.05 Å². The molecule has 0 fully saturated rings. The van der Waals surface area contributed by atoms with Crippen molar-refractivity contribution in [1.29, 1.82) is 0 Å². The maximum absolute atomic E-state index is 12.6. The number of aryl methyl sites for hydroxylation is 1. The Bertz CT molecular complexity index is 927. The van der Waals surface area contributed by atoms with E-state index in [0.717, 1.165) is 4.90 Å². The first-order valence-corrected chi connectivity index (χ1v) is 9.75. The van der Waals surface area contributed by atoms with Gasteiger partial charge in [0.25, 0.3) is 0 Å². The van der Waals surface area contributed by atoms with E-state index < -0.39 is 0 Å². The summed E-state index contributed by atoms with van der Waals surface area (Å²) >= 11 is 7.69. The molecular weight excluding hydrogens is 382 g/mol. The molecule has 0 saturated heterocycles. The maximum Gasteiger partial charge on any atom is 0.246 e. The topological polar surface area (TPSA) is 59.2 Å². The minimum Gasteiger partial charge on any atom is -0.337 e. The van der Waals surface area contributed by atoms with E-state index >= 15 is 0 Å². The summed E-state index contributed by atoms with van der Waals surface area (Å²) in [6.07, 6.45) is 0. The van der Waals surface area contributed by atoms with E-state index in [2.05, 4.69) is 10.1 Å². The molecule has 27 heavy (non-hydrogen) atoms.